The second-order valence-electron chi connectivity index (χ2n) is 7.35. The van der Waals surface area contributed by atoms with Crippen LogP contribution >= 0.6 is 28.1 Å². The molecule has 0 saturated carbocycles. The maximum atomic E-state index is 12.7. The van der Waals surface area contributed by atoms with E-state index in [4.69, 9.17) is 21.7 Å². The number of unbranched alkanes of at least 4 members (excludes halogenated alkanes) is 1. The van der Waals surface area contributed by atoms with Gasteiger partial charge in [-0.3, -0.25) is 19.7 Å². The molecular formula is C21H28BrN3O5S. The Bertz CT molecular complexity index is 833. The van der Waals surface area contributed by atoms with Crippen LogP contribution in [0.4, 0.5) is 0 Å². The van der Waals surface area contributed by atoms with Crippen molar-refractivity contribution in [3.05, 3.63) is 28.2 Å². The minimum absolute atomic E-state index is 0.000557. The van der Waals surface area contributed by atoms with Crippen molar-refractivity contribution in [2.75, 3.05) is 19.7 Å². The van der Waals surface area contributed by atoms with Crippen LogP contribution in [0.3, 0.4) is 0 Å². The van der Waals surface area contributed by atoms with Crippen LogP contribution < -0.4 is 15.4 Å². The minimum Gasteiger partial charge on any atom is -0.490 e. The van der Waals surface area contributed by atoms with Gasteiger partial charge in [-0.1, -0.05) is 13.3 Å². The van der Waals surface area contributed by atoms with Crippen molar-refractivity contribution < 1.29 is 23.9 Å². The average Bonchev–Trinajstić information content (AvgIpc) is 2.70. The third kappa shape index (κ3) is 7.46. The number of ether oxygens (including phenoxy) is 2. The fraction of sp³-hybridized carbons (Fsp3) is 0.524. The SMILES string of the molecule is CCCCOC(=O)CC1C(=O)NCCN1C(=S)NC(=O)c1ccc(OC(C)C)c(Br)c1. The van der Waals surface area contributed by atoms with E-state index in [0.29, 0.717) is 35.5 Å². The first-order valence-electron chi connectivity index (χ1n) is 10.2. The van der Waals surface area contributed by atoms with Gasteiger partial charge in [0.2, 0.25) is 5.91 Å². The van der Waals surface area contributed by atoms with Crippen LogP contribution in [0.2, 0.25) is 0 Å². The second-order valence-corrected chi connectivity index (χ2v) is 8.59. The Labute approximate surface area is 196 Å². The third-order valence-corrected chi connectivity index (χ3v) is 5.45. The number of halogens is 1. The van der Waals surface area contributed by atoms with Crippen LogP contribution in [-0.4, -0.2) is 59.6 Å². The smallest absolute Gasteiger partial charge is 0.308 e. The van der Waals surface area contributed by atoms with Gasteiger partial charge in [0, 0.05) is 18.7 Å². The lowest BCUT2D eigenvalue weighted by Crippen LogP contribution is -2.60. The normalized spacial score (nSPS) is 16.0. The highest BCUT2D eigenvalue weighted by Crippen LogP contribution is 2.27. The van der Waals surface area contributed by atoms with Gasteiger partial charge in [0.15, 0.2) is 5.11 Å². The fourth-order valence-corrected chi connectivity index (χ4v) is 3.72. The zero-order valence-electron chi connectivity index (χ0n) is 17.9. The summed E-state index contributed by atoms with van der Waals surface area (Å²) >= 11 is 8.78. The molecule has 2 rings (SSSR count). The predicted octanol–water partition coefficient (Wildman–Crippen LogP) is 2.78. The molecule has 170 valence electrons. The van der Waals surface area contributed by atoms with E-state index in [2.05, 4.69) is 26.6 Å². The van der Waals surface area contributed by atoms with E-state index in [0.717, 1.165) is 12.8 Å². The highest BCUT2D eigenvalue weighted by atomic mass is 79.9. The molecule has 1 aromatic carbocycles. The summed E-state index contributed by atoms with van der Waals surface area (Å²) in [7, 11) is 0. The zero-order valence-corrected chi connectivity index (χ0v) is 20.3. The number of thiocarbonyl (C=S) groups is 1. The summed E-state index contributed by atoms with van der Waals surface area (Å²) < 4.78 is 11.5. The van der Waals surface area contributed by atoms with Crippen LogP contribution in [0.1, 0.15) is 50.4 Å². The summed E-state index contributed by atoms with van der Waals surface area (Å²) in [4.78, 5) is 38.7. The lowest BCUT2D eigenvalue weighted by molar-refractivity contribution is -0.147. The molecule has 2 amide bonds. The molecule has 1 aliphatic rings. The number of esters is 1. The molecule has 1 aliphatic heterocycles. The number of benzene rings is 1. The second kappa shape index (κ2) is 12.0. The van der Waals surface area contributed by atoms with Crippen molar-refractivity contribution >= 4 is 51.0 Å². The molecular weight excluding hydrogens is 486 g/mol. The molecule has 31 heavy (non-hydrogen) atoms. The molecule has 1 fully saturated rings. The van der Waals surface area contributed by atoms with E-state index in [9.17, 15) is 14.4 Å². The number of carbonyl (C=O) groups is 3. The molecule has 0 radical (unpaired) electrons. The van der Waals surface area contributed by atoms with Crippen molar-refractivity contribution in [2.45, 2.75) is 52.2 Å². The Hall–Kier alpha value is -2.20. The van der Waals surface area contributed by atoms with Gasteiger partial charge in [-0.05, 0) is 66.6 Å². The van der Waals surface area contributed by atoms with Gasteiger partial charge in [0.05, 0.1) is 23.6 Å². The van der Waals surface area contributed by atoms with Gasteiger partial charge in [-0.2, -0.15) is 0 Å². The fourth-order valence-electron chi connectivity index (χ4n) is 2.94. The van der Waals surface area contributed by atoms with Crippen molar-refractivity contribution in [3.8, 4) is 5.75 Å². The van der Waals surface area contributed by atoms with Crippen molar-refractivity contribution in [1.29, 1.82) is 0 Å². The average molecular weight is 514 g/mol. The topological polar surface area (TPSA) is 97.0 Å². The quantitative estimate of drug-likeness (QED) is 0.313. The molecule has 0 bridgehead atoms. The standard InChI is InChI=1S/C21H28BrN3O5S/c1-4-5-10-29-18(26)12-16-20(28)23-8-9-25(16)21(31)24-19(27)14-6-7-17(15(22)11-14)30-13(2)3/h6-7,11,13,16H,4-5,8-10,12H2,1-3H3,(H,23,28)(H,24,27,31). The van der Waals surface area contributed by atoms with Crippen molar-refractivity contribution in [1.82, 2.24) is 15.5 Å². The van der Waals surface area contributed by atoms with Crippen LogP contribution in [0.5, 0.6) is 5.75 Å². The Kier molecular flexibility index (Phi) is 9.70. The third-order valence-electron chi connectivity index (χ3n) is 4.49. The summed E-state index contributed by atoms with van der Waals surface area (Å²) in [5.74, 6) is -0.590. The first-order valence-corrected chi connectivity index (χ1v) is 11.4. The number of piperazine rings is 1. The first kappa shape index (κ1) is 25.1. The number of rotatable bonds is 8. The number of nitrogens with zero attached hydrogens (tertiary/aromatic N) is 1. The number of hydrogen-bond donors (Lipinski definition) is 2. The van der Waals surface area contributed by atoms with E-state index in [1.165, 1.54) is 0 Å². The number of nitrogens with one attached hydrogen (secondary N) is 2. The summed E-state index contributed by atoms with van der Waals surface area (Å²) in [6, 6.07) is 4.14. The summed E-state index contributed by atoms with van der Waals surface area (Å²) in [5, 5.41) is 5.46. The monoisotopic (exact) mass is 513 g/mol. The Balaban J connectivity index is 2.04. The van der Waals surface area contributed by atoms with Gasteiger partial charge in [-0.15, -0.1) is 0 Å². The van der Waals surface area contributed by atoms with E-state index < -0.39 is 17.9 Å². The molecule has 1 heterocycles. The number of carbonyl (C=O) groups excluding carboxylic acids is 3. The molecule has 10 heteroatoms. The van der Waals surface area contributed by atoms with Crippen LogP contribution in [-0.2, 0) is 14.3 Å². The molecule has 1 atom stereocenters. The lowest BCUT2D eigenvalue weighted by atomic mass is 10.1. The minimum atomic E-state index is -0.829. The number of amides is 2. The van der Waals surface area contributed by atoms with Crippen LogP contribution in [0, 0.1) is 0 Å². The highest BCUT2D eigenvalue weighted by molar-refractivity contribution is 9.10. The van der Waals surface area contributed by atoms with Gasteiger partial charge in [0.25, 0.3) is 5.91 Å². The molecule has 1 unspecified atom stereocenters. The summed E-state index contributed by atoms with van der Waals surface area (Å²) in [5.41, 5.74) is 0.377. The largest absolute Gasteiger partial charge is 0.490 e. The zero-order chi connectivity index (χ0) is 23.0. The van der Waals surface area contributed by atoms with E-state index in [1.54, 1.807) is 23.1 Å². The summed E-state index contributed by atoms with van der Waals surface area (Å²) in [6.45, 7) is 6.88. The molecule has 0 aromatic heterocycles. The molecule has 8 nitrogen and oxygen atoms in total. The Morgan fingerprint density at radius 3 is 2.77 bits per heavy atom. The van der Waals surface area contributed by atoms with Crippen LogP contribution in [0.25, 0.3) is 0 Å². The van der Waals surface area contributed by atoms with E-state index in [-0.39, 0.29) is 23.5 Å². The number of hydrogen-bond acceptors (Lipinski definition) is 6. The predicted molar refractivity (Wildman–Crippen MR) is 124 cm³/mol. The van der Waals surface area contributed by atoms with Crippen molar-refractivity contribution in [2.24, 2.45) is 0 Å². The summed E-state index contributed by atoms with van der Waals surface area (Å²) in [6.07, 6.45) is 1.52. The maximum Gasteiger partial charge on any atom is 0.308 e. The molecule has 0 aliphatic carbocycles. The van der Waals surface area contributed by atoms with Gasteiger partial charge < -0.3 is 19.7 Å². The lowest BCUT2D eigenvalue weighted by Gasteiger charge is -2.36. The van der Waals surface area contributed by atoms with E-state index >= 15 is 0 Å². The Morgan fingerprint density at radius 2 is 2.13 bits per heavy atom. The highest BCUT2D eigenvalue weighted by Gasteiger charge is 2.34. The molecule has 2 N–H and O–H groups in total. The van der Waals surface area contributed by atoms with E-state index in [1.807, 2.05) is 20.8 Å². The van der Waals surface area contributed by atoms with Gasteiger partial charge in [0.1, 0.15) is 11.8 Å². The first-order chi connectivity index (χ1) is 14.7. The molecule has 1 saturated heterocycles. The Morgan fingerprint density at radius 1 is 1.39 bits per heavy atom. The van der Waals surface area contributed by atoms with Crippen LogP contribution in [0.15, 0.2) is 22.7 Å². The van der Waals surface area contributed by atoms with Crippen molar-refractivity contribution in [3.63, 3.8) is 0 Å². The maximum absolute atomic E-state index is 12.7. The van der Waals surface area contributed by atoms with Gasteiger partial charge >= 0.3 is 5.97 Å². The van der Waals surface area contributed by atoms with Gasteiger partial charge in [-0.25, -0.2) is 0 Å². The molecule has 0 spiro atoms. The molecule has 1 aromatic rings.